The van der Waals surface area contributed by atoms with Gasteiger partial charge in [0, 0.05) is 24.2 Å². The van der Waals surface area contributed by atoms with Crippen LogP contribution in [0.5, 0.6) is 11.5 Å². The van der Waals surface area contributed by atoms with Gasteiger partial charge in [-0.3, -0.25) is 9.59 Å². The van der Waals surface area contributed by atoms with Crippen molar-refractivity contribution in [2.45, 2.75) is 6.92 Å². The largest absolute Gasteiger partial charge is 0.497 e. The van der Waals surface area contributed by atoms with Gasteiger partial charge >= 0.3 is 0 Å². The smallest absolute Gasteiger partial charge is 0.251 e. The van der Waals surface area contributed by atoms with Crippen molar-refractivity contribution in [3.8, 4) is 11.5 Å². The number of carbonyl (C=O) groups is 2. The van der Waals surface area contributed by atoms with E-state index in [4.69, 9.17) is 9.47 Å². The second-order valence-electron chi connectivity index (χ2n) is 5.20. The van der Waals surface area contributed by atoms with E-state index in [-0.39, 0.29) is 11.8 Å². The molecular weight excluding hydrogens is 320 g/mol. The average Bonchev–Trinajstić information content (AvgIpc) is 2.65. The summed E-state index contributed by atoms with van der Waals surface area (Å²) < 4.78 is 10.4. The summed E-state index contributed by atoms with van der Waals surface area (Å²) in [6.45, 7) is 3.17. The lowest BCUT2D eigenvalue weighted by Gasteiger charge is -2.08. The van der Waals surface area contributed by atoms with Crippen molar-refractivity contribution < 1.29 is 19.1 Å². The van der Waals surface area contributed by atoms with E-state index in [1.54, 1.807) is 55.6 Å². The SMILES string of the molecule is CCOc1ccc(C(=O)NCCNC(=O)c2ccc(OC)cc2)cc1. The Balaban J connectivity index is 1.74. The third kappa shape index (κ3) is 5.53. The summed E-state index contributed by atoms with van der Waals surface area (Å²) in [5.74, 6) is 1.03. The van der Waals surface area contributed by atoms with Gasteiger partial charge < -0.3 is 20.1 Å². The van der Waals surface area contributed by atoms with Gasteiger partial charge in [-0.25, -0.2) is 0 Å². The first-order valence-electron chi connectivity index (χ1n) is 8.07. The molecule has 0 saturated carbocycles. The average molecular weight is 342 g/mol. The van der Waals surface area contributed by atoms with Crippen molar-refractivity contribution in [2.75, 3.05) is 26.8 Å². The standard InChI is InChI=1S/C19H22N2O4/c1-3-25-17-10-6-15(7-11-17)19(23)21-13-12-20-18(22)14-4-8-16(24-2)9-5-14/h4-11H,3,12-13H2,1-2H3,(H,20,22)(H,21,23). The molecule has 0 aromatic heterocycles. The Hall–Kier alpha value is -3.02. The maximum atomic E-state index is 12.0. The van der Waals surface area contributed by atoms with E-state index in [2.05, 4.69) is 10.6 Å². The minimum atomic E-state index is -0.196. The Kier molecular flexibility index (Phi) is 6.83. The molecular formula is C19H22N2O4. The molecule has 0 aliphatic heterocycles. The number of nitrogens with one attached hydrogen (secondary N) is 2. The second kappa shape index (κ2) is 9.32. The van der Waals surface area contributed by atoms with Crippen LogP contribution in [0.1, 0.15) is 27.6 Å². The second-order valence-corrected chi connectivity index (χ2v) is 5.20. The van der Waals surface area contributed by atoms with Gasteiger partial charge in [0.15, 0.2) is 0 Å². The lowest BCUT2D eigenvalue weighted by molar-refractivity contribution is 0.0927. The molecule has 6 nitrogen and oxygen atoms in total. The molecule has 0 unspecified atom stereocenters. The van der Waals surface area contributed by atoms with E-state index < -0.39 is 0 Å². The molecule has 2 aromatic carbocycles. The zero-order chi connectivity index (χ0) is 18.1. The van der Waals surface area contributed by atoms with Crippen molar-refractivity contribution in [3.05, 3.63) is 59.7 Å². The van der Waals surface area contributed by atoms with Gasteiger partial charge in [-0.1, -0.05) is 0 Å². The third-order valence-corrected chi connectivity index (χ3v) is 3.48. The molecule has 0 bridgehead atoms. The van der Waals surface area contributed by atoms with Gasteiger partial charge in [-0.05, 0) is 55.5 Å². The highest BCUT2D eigenvalue weighted by Gasteiger charge is 2.07. The molecule has 0 atom stereocenters. The summed E-state index contributed by atoms with van der Waals surface area (Å²) in [6, 6.07) is 13.7. The molecule has 0 spiro atoms. The van der Waals surface area contributed by atoms with E-state index in [1.165, 1.54) is 0 Å². The van der Waals surface area contributed by atoms with Crippen molar-refractivity contribution in [2.24, 2.45) is 0 Å². The fourth-order valence-corrected chi connectivity index (χ4v) is 2.17. The third-order valence-electron chi connectivity index (χ3n) is 3.48. The Morgan fingerprint density at radius 1 is 0.800 bits per heavy atom. The van der Waals surface area contributed by atoms with Crippen LogP contribution in [0, 0.1) is 0 Å². The van der Waals surface area contributed by atoms with E-state index in [9.17, 15) is 9.59 Å². The van der Waals surface area contributed by atoms with Crippen LogP contribution in [-0.2, 0) is 0 Å². The highest BCUT2D eigenvalue weighted by Crippen LogP contribution is 2.12. The fraction of sp³-hybridized carbons (Fsp3) is 0.263. The number of ether oxygens (including phenoxy) is 2. The van der Waals surface area contributed by atoms with Crippen molar-refractivity contribution in [1.82, 2.24) is 10.6 Å². The number of methoxy groups -OCH3 is 1. The number of rotatable bonds is 8. The van der Waals surface area contributed by atoms with E-state index >= 15 is 0 Å². The van der Waals surface area contributed by atoms with Crippen molar-refractivity contribution in [1.29, 1.82) is 0 Å². The number of carbonyl (C=O) groups excluding carboxylic acids is 2. The Morgan fingerprint density at radius 3 is 1.64 bits per heavy atom. The molecule has 2 amide bonds. The molecule has 0 aliphatic rings. The Labute approximate surface area is 147 Å². The maximum absolute atomic E-state index is 12.0. The molecule has 0 aliphatic carbocycles. The molecule has 2 N–H and O–H groups in total. The van der Waals surface area contributed by atoms with Crippen LogP contribution in [0.15, 0.2) is 48.5 Å². The number of hydrogen-bond donors (Lipinski definition) is 2. The normalized spacial score (nSPS) is 10.0. The van der Waals surface area contributed by atoms with Gasteiger partial charge in [0.2, 0.25) is 0 Å². The molecule has 0 heterocycles. The minimum Gasteiger partial charge on any atom is -0.497 e. The molecule has 25 heavy (non-hydrogen) atoms. The first-order chi connectivity index (χ1) is 12.1. The van der Waals surface area contributed by atoms with Gasteiger partial charge in [0.25, 0.3) is 11.8 Å². The predicted octanol–water partition coefficient (Wildman–Crippen LogP) is 2.25. The van der Waals surface area contributed by atoms with Gasteiger partial charge in [-0.15, -0.1) is 0 Å². The summed E-state index contributed by atoms with van der Waals surface area (Å²) >= 11 is 0. The quantitative estimate of drug-likeness (QED) is 0.722. The Morgan fingerprint density at radius 2 is 1.24 bits per heavy atom. The van der Waals surface area contributed by atoms with Crippen LogP contribution in [0.2, 0.25) is 0 Å². The molecule has 6 heteroatoms. The number of hydrogen-bond acceptors (Lipinski definition) is 4. The topological polar surface area (TPSA) is 76.7 Å². The van der Waals surface area contributed by atoms with Crippen molar-refractivity contribution in [3.63, 3.8) is 0 Å². The van der Waals surface area contributed by atoms with Gasteiger partial charge in [-0.2, -0.15) is 0 Å². The van der Waals surface area contributed by atoms with Crippen molar-refractivity contribution >= 4 is 11.8 Å². The summed E-state index contributed by atoms with van der Waals surface area (Å²) in [5, 5.41) is 5.52. The predicted molar refractivity (Wildman–Crippen MR) is 95.3 cm³/mol. The highest BCUT2D eigenvalue weighted by atomic mass is 16.5. The highest BCUT2D eigenvalue weighted by molar-refractivity contribution is 5.95. The van der Waals surface area contributed by atoms with E-state index in [0.29, 0.717) is 36.6 Å². The maximum Gasteiger partial charge on any atom is 0.251 e. The van der Waals surface area contributed by atoms with Gasteiger partial charge in [0.05, 0.1) is 13.7 Å². The lowest BCUT2D eigenvalue weighted by atomic mass is 10.2. The van der Waals surface area contributed by atoms with Crippen LogP contribution < -0.4 is 20.1 Å². The molecule has 2 aromatic rings. The zero-order valence-electron chi connectivity index (χ0n) is 14.4. The van der Waals surface area contributed by atoms with Crippen LogP contribution >= 0.6 is 0 Å². The van der Waals surface area contributed by atoms with E-state index in [1.807, 2.05) is 6.92 Å². The monoisotopic (exact) mass is 342 g/mol. The minimum absolute atomic E-state index is 0.193. The molecule has 2 rings (SSSR count). The number of benzene rings is 2. The van der Waals surface area contributed by atoms with Crippen LogP contribution in [-0.4, -0.2) is 38.6 Å². The molecule has 0 radical (unpaired) electrons. The zero-order valence-corrected chi connectivity index (χ0v) is 14.4. The summed E-state index contributed by atoms with van der Waals surface area (Å²) in [7, 11) is 1.57. The van der Waals surface area contributed by atoms with Gasteiger partial charge in [0.1, 0.15) is 11.5 Å². The molecule has 0 fully saturated rings. The van der Waals surface area contributed by atoms with E-state index in [0.717, 1.165) is 5.75 Å². The fourth-order valence-electron chi connectivity index (χ4n) is 2.17. The Bertz CT molecular complexity index is 696. The summed E-state index contributed by atoms with van der Waals surface area (Å²) in [4.78, 5) is 24.0. The lowest BCUT2D eigenvalue weighted by Crippen LogP contribution is -2.34. The first-order valence-corrected chi connectivity index (χ1v) is 8.07. The summed E-state index contributed by atoms with van der Waals surface area (Å²) in [5.41, 5.74) is 1.09. The van der Waals surface area contributed by atoms with Crippen LogP contribution in [0.25, 0.3) is 0 Å². The van der Waals surface area contributed by atoms with Crippen LogP contribution in [0.3, 0.4) is 0 Å². The molecule has 0 saturated heterocycles. The van der Waals surface area contributed by atoms with Crippen LogP contribution in [0.4, 0.5) is 0 Å². The number of amides is 2. The molecule has 132 valence electrons. The first kappa shape index (κ1) is 18.3. The summed E-state index contributed by atoms with van der Waals surface area (Å²) in [6.07, 6.45) is 0.